The third-order valence-electron chi connectivity index (χ3n) is 10.7. The standard InChI is InChI=1S/C36H53N7O6.3CH4.3H2S/c1-5-10-25(29(44)34(48)39-23-15-16-23)40-33(47)28-24-14-9-13-22(24)20-43(28)35(49)30(36(2,3)4)42-32(46)27(21-11-7-6-8-12-21)41-31(45)26-19-37-17-18-38-26;;;;;;/h17-19,21-25,27-28,30H,5-16,20H2,1-4H3,(H,39,48)(H,40,47)(H,41,45)(H,42,46);3*1H4;3*1H2/t22-,24-,25+,27-,28+,30+;;;;;;/m0....../s1. The Bertz CT molecular complexity index is 1410. The fourth-order valence-electron chi connectivity index (χ4n) is 7.87. The van der Waals surface area contributed by atoms with Crippen LogP contribution in [0, 0.1) is 23.2 Å². The Balaban J connectivity index is 0. The zero-order valence-corrected chi connectivity index (χ0v) is 33.8. The van der Waals surface area contributed by atoms with Crippen LogP contribution in [0.3, 0.4) is 0 Å². The van der Waals surface area contributed by atoms with Gasteiger partial charge in [0.1, 0.15) is 23.8 Å². The van der Waals surface area contributed by atoms with Crippen LogP contribution in [0.4, 0.5) is 0 Å². The van der Waals surface area contributed by atoms with E-state index in [0.29, 0.717) is 19.4 Å². The Kier molecular flexibility index (Phi) is 23.7. The summed E-state index contributed by atoms with van der Waals surface area (Å²) in [4.78, 5) is 91.4. The van der Waals surface area contributed by atoms with Crippen molar-refractivity contribution in [1.29, 1.82) is 0 Å². The molecule has 4 aliphatic rings. The van der Waals surface area contributed by atoms with Crippen LogP contribution in [0.25, 0.3) is 0 Å². The highest BCUT2D eigenvalue weighted by Gasteiger charge is 2.52. The number of ketones is 1. The Morgan fingerprint density at radius 3 is 2.05 bits per heavy atom. The van der Waals surface area contributed by atoms with Crippen LogP contribution in [-0.2, 0) is 24.0 Å². The molecule has 1 aromatic rings. The zero-order valence-electron chi connectivity index (χ0n) is 30.8. The number of hydrogen-bond acceptors (Lipinski definition) is 8. The average Bonchev–Trinajstić information content (AvgIpc) is 3.65. The number of likely N-dealkylation sites (tertiary alicyclic amines) is 1. The second-order valence-corrected chi connectivity index (χ2v) is 15.5. The van der Waals surface area contributed by atoms with E-state index in [1.165, 1.54) is 18.6 Å². The van der Waals surface area contributed by atoms with E-state index < -0.39 is 59.0 Å². The molecule has 1 saturated heterocycles. The number of amides is 5. The first-order valence-electron chi connectivity index (χ1n) is 18.2. The van der Waals surface area contributed by atoms with Crippen LogP contribution in [0.15, 0.2) is 18.6 Å². The molecule has 0 unspecified atom stereocenters. The van der Waals surface area contributed by atoms with Gasteiger partial charge in [-0.1, -0.05) is 82.1 Å². The van der Waals surface area contributed by atoms with Gasteiger partial charge in [-0.2, -0.15) is 40.5 Å². The number of rotatable bonds is 13. The summed E-state index contributed by atoms with van der Waals surface area (Å²) in [7, 11) is 0. The summed E-state index contributed by atoms with van der Waals surface area (Å²) < 4.78 is 0. The fraction of sp³-hybridized carbons (Fsp3) is 0.744. The summed E-state index contributed by atoms with van der Waals surface area (Å²) in [5.41, 5.74) is -0.638. The van der Waals surface area contributed by atoms with Crippen molar-refractivity contribution in [3.8, 4) is 0 Å². The second kappa shape index (κ2) is 24.0. The number of nitrogens with zero attached hydrogens (tertiary/aromatic N) is 3. The van der Waals surface area contributed by atoms with Gasteiger partial charge < -0.3 is 26.2 Å². The Morgan fingerprint density at radius 2 is 1.49 bits per heavy atom. The molecule has 2 heterocycles. The maximum atomic E-state index is 14.6. The van der Waals surface area contributed by atoms with Crippen LogP contribution in [-0.4, -0.2) is 86.9 Å². The van der Waals surface area contributed by atoms with Crippen molar-refractivity contribution < 1.29 is 28.8 Å². The van der Waals surface area contributed by atoms with Crippen LogP contribution < -0.4 is 21.3 Å². The van der Waals surface area contributed by atoms with Gasteiger partial charge in [0, 0.05) is 25.0 Å². The number of nitrogens with one attached hydrogen (secondary N) is 4. The largest absolute Gasteiger partial charge is 0.347 e. The first kappa shape index (κ1) is 54.3. The van der Waals surface area contributed by atoms with Crippen LogP contribution in [0.5, 0.6) is 0 Å². The van der Waals surface area contributed by atoms with E-state index in [-0.39, 0.29) is 98.2 Å². The summed E-state index contributed by atoms with van der Waals surface area (Å²) in [5, 5.41) is 11.5. The molecule has 316 valence electrons. The Morgan fingerprint density at radius 1 is 0.836 bits per heavy atom. The van der Waals surface area contributed by atoms with Gasteiger partial charge >= 0.3 is 0 Å². The highest BCUT2D eigenvalue weighted by Crippen LogP contribution is 2.43. The third kappa shape index (κ3) is 13.6. The molecule has 0 spiro atoms. The summed E-state index contributed by atoms with van der Waals surface area (Å²) in [6.45, 7) is 7.85. The molecule has 3 aliphatic carbocycles. The van der Waals surface area contributed by atoms with E-state index in [2.05, 4.69) is 31.2 Å². The van der Waals surface area contributed by atoms with Crippen molar-refractivity contribution in [3.05, 3.63) is 24.3 Å². The maximum Gasteiger partial charge on any atom is 0.289 e. The van der Waals surface area contributed by atoms with Crippen LogP contribution >= 0.6 is 40.5 Å². The van der Waals surface area contributed by atoms with Crippen LogP contribution in [0.1, 0.15) is 138 Å². The van der Waals surface area contributed by atoms with Gasteiger partial charge in [0.25, 0.3) is 11.8 Å². The fourth-order valence-corrected chi connectivity index (χ4v) is 7.87. The number of aromatic nitrogens is 2. The normalized spacial score (nSPS) is 21.6. The lowest BCUT2D eigenvalue weighted by Crippen LogP contribution is -2.62. The number of Topliss-reactive ketones (excluding diaryl/α,β-unsaturated/α-hetero) is 1. The molecule has 13 nitrogen and oxygen atoms in total. The number of carbonyl (C=O) groups excluding carboxylic acids is 6. The maximum absolute atomic E-state index is 14.6. The van der Waals surface area contributed by atoms with Gasteiger partial charge in [-0.25, -0.2) is 4.98 Å². The zero-order chi connectivity index (χ0) is 35.3. The SMILES string of the molecule is C.C.C.CCC[C@@H](NC(=O)[C@H]1[C@H]2CCC[C@H]2CN1C(=O)[C@@H](NC(=O)[C@@H](NC(=O)c1cnccn1)C1CCCCC1)C(C)(C)C)C(=O)C(=O)NC1CC1.S.S.S. The van der Waals surface area contributed by atoms with E-state index in [1.54, 1.807) is 4.90 Å². The molecule has 0 radical (unpaired) electrons. The highest BCUT2D eigenvalue weighted by molar-refractivity contribution is 7.59. The third-order valence-corrected chi connectivity index (χ3v) is 10.7. The lowest BCUT2D eigenvalue weighted by molar-refractivity contribution is -0.146. The molecule has 0 bridgehead atoms. The summed E-state index contributed by atoms with van der Waals surface area (Å²) >= 11 is 0. The first-order chi connectivity index (χ1) is 23.4. The quantitative estimate of drug-likeness (QED) is 0.207. The minimum atomic E-state index is -0.994. The molecule has 6 atom stereocenters. The summed E-state index contributed by atoms with van der Waals surface area (Å²) in [6, 6.07) is -3.68. The molecule has 1 aromatic heterocycles. The van der Waals surface area contributed by atoms with Crippen molar-refractivity contribution in [1.82, 2.24) is 36.1 Å². The van der Waals surface area contributed by atoms with Crippen LogP contribution in [0.2, 0.25) is 0 Å². The van der Waals surface area contributed by atoms with Crippen molar-refractivity contribution >= 4 is 75.8 Å². The van der Waals surface area contributed by atoms with E-state index >= 15 is 0 Å². The summed E-state index contributed by atoms with van der Waals surface area (Å²) in [5.74, 6) is -3.20. The van der Waals surface area contributed by atoms with Crippen molar-refractivity contribution in [3.63, 3.8) is 0 Å². The molecule has 4 N–H and O–H groups in total. The predicted octanol–water partition coefficient (Wildman–Crippen LogP) is 4.69. The van der Waals surface area contributed by atoms with Gasteiger partial charge in [-0.15, -0.1) is 0 Å². The molecule has 5 rings (SSSR count). The van der Waals surface area contributed by atoms with Gasteiger partial charge in [0.15, 0.2) is 0 Å². The van der Waals surface area contributed by atoms with Crippen molar-refractivity contribution in [2.45, 2.75) is 157 Å². The van der Waals surface area contributed by atoms with Crippen molar-refractivity contribution in [2.75, 3.05) is 6.54 Å². The molecule has 55 heavy (non-hydrogen) atoms. The van der Waals surface area contributed by atoms with E-state index in [1.807, 2.05) is 27.7 Å². The molecular formula is C39H71N7O6S3. The topological polar surface area (TPSA) is 180 Å². The lowest BCUT2D eigenvalue weighted by atomic mass is 9.82. The van der Waals surface area contributed by atoms with Gasteiger partial charge in [0.05, 0.1) is 12.2 Å². The predicted molar refractivity (Wildman–Crippen MR) is 232 cm³/mol. The molecule has 3 saturated carbocycles. The Labute approximate surface area is 350 Å². The minimum Gasteiger partial charge on any atom is -0.347 e. The smallest absolute Gasteiger partial charge is 0.289 e. The minimum absolute atomic E-state index is 0. The van der Waals surface area contributed by atoms with E-state index in [0.717, 1.165) is 64.2 Å². The Hall–Kier alpha value is -2.85. The second-order valence-electron chi connectivity index (χ2n) is 15.5. The molecule has 5 amide bonds. The molecule has 4 fully saturated rings. The van der Waals surface area contributed by atoms with Crippen molar-refractivity contribution in [2.24, 2.45) is 23.2 Å². The lowest BCUT2D eigenvalue weighted by Gasteiger charge is -2.38. The average molecular weight is 830 g/mol. The molecule has 1 aliphatic heterocycles. The van der Waals surface area contributed by atoms with E-state index in [9.17, 15) is 28.8 Å². The van der Waals surface area contributed by atoms with Gasteiger partial charge in [0.2, 0.25) is 23.5 Å². The molecule has 16 heteroatoms. The van der Waals surface area contributed by atoms with Gasteiger partial charge in [-0.05, 0) is 68.1 Å². The summed E-state index contributed by atoms with van der Waals surface area (Å²) in [6.07, 6.45) is 13.9. The number of hydrogen-bond donors (Lipinski definition) is 4. The van der Waals surface area contributed by atoms with E-state index in [4.69, 9.17) is 0 Å². The number of fused-ring (bicyclic) bond motifs is 1. The monoisotopic (exact) mass is 829 g/mol. The van der Waals surface area contributed by atoms with Gasteiger partial charge in [-0.3, -0.25) is 33.8 Å². The molecule has 0 aromatic carbocycles. The highest BCUT2D eigenvalue weighted by atomic mass is 32.1. The molecular weight excluding hydrogens is 759 g/mol. The number of carbonyl (C=O) groups is 6. The first-order valence-corrected chi connectivity index (χ1v) is 18.2.